The number of sulfonamides is 1. The maximum Gasteiger partial charge on any atom is 0.264 e. The predicted molar refractivity (Wildman–Crippen MR) is 132 cm³/mol. The first-order valence-corrected chi connectivity index (χ1v) is 13.1. The van der Waals surface area contributed by atoms with Crippen LogP contribution in [0.25, 0.3) is 0 Å². The number of amides is 1. The van der Waals surface area contributed by atoms with Crippen molar-refractivity contribution >= 4 is 21.6 Å². The summed E-state index contributed by atoms with van der Waals surface area (Å²) in [6, 6.07) is 19.4. The highest BCUT2D eigenvalue weighted by Gasteiger charge is 2.29. The van der Waals surface area contributed by atoms with Crippen LogP contribution in [0.2, 0.25) is 0 Å². The summed E-state index contributed by atoms with van der Waals surface area (Å²) in [5.41, 5.74) is 3.51. The molecule has 0 unspecified atom stereocenters. The van der Waals surface area contributed by atoms with Crippen LogP contribution in [-0.2, 0) is 27.7 Å². The van der Waals surface area contributed by atoms with Crippen LogP contribution in [0.3, 0.4) is 0 Å². The average molecular weight is 481 g/mol. The van der Waals surface area contributed by atoms with E-state index in [2.05, 4.69) is 17.4 Å². The van der Waals surface area contributed by atoms with Crippen LogP contribution in [0.15, 0.2) is 77.7 Å². The number of benzene rings is 3. The molecule has 0 saturated heterocycles. The van der Waals surface area contributed by atoms with E-state index in [-0.39, 0.29) is 16.6 Å². The fourth-order valence-corrected chi connectivity index (χ4v) is 5.88. The zero-order valence-electron chi connectivity index (χ0n) is 19.2. The first kappa shape index (κ1) is 24.0. The molecule has 0 fully saturated rings. The van der Waals surface area contributed by atoms with Crippen LogP contribution in [0.5, 0.6) is 0 Å². The smallest absolute Gasteiger partial charge is 0.264 e. The second kappa shape index (κ2) is 10.4. The molecular formula is C27H29FN2O3S. The molecule has 0 spiro atoms. The molecule has 0 bridgehead atoms. The lowest BCUT2D eigenvalue weighted by molar-refractivity contribution is -0.120. The Bertz CT molecular complexity index is 1260. The van der Waals surface area contributed by atoms with Crippen molar-refractivity contribution in [2.75, 3.05) is 10.8 Å². The summed E-state index contributed by atoms with van der Waals surface area (Å²) in [7, 11) is -4.16. The van der Waals surface area contributed by atoms with E-state index in [1.54, 1.807) is 24.3 Å². The Balaban J connectivity index is 1.60. The van der Waals surface area contributed by atoms with E-state index in [1.807, 2.05) is 13.0 Å². The van der Waals surface area contributed by atoms with Gasteiger partial charge in [0, 0.05) is 0 Å². The van der Waals surface area contributed by atoms with Gasteiger partial charge in [0.2, 0.25) is 5.91 Å². The molecule has 1 amide bonds. The van der Waals surface area contributed by atoms with Gasteiger partial charge in [0.25, 0.3) is 10.0 Å². The molecule has 0 heterocycles. The number of carbonyl (C=O) groups is 1. The molecule has 0 aliphatic heterocycles. The van der Waals surface area contributed by atoms with Gasteiger partial charge >= 0.3 is 0 Å². The van der Waals surface area contributed by atoms with Gasteiger partial charge in [-0.3, -0.25) is 9.10 Å². The molecule has 1 aliphatic carbocycles. The number of hydrogen-bond donors (Lipinski definition) is 1. The predicted octanol–water partition coefficient (Wildman–Crippen LogP) is 5.17. The van der Waals surface area contributed by atoms with Gasteiger partial charge < -0.3 is 5.32 Å². The van der Waals surface area contributed by atoms with Crippen molar-refractivity contribution in [1.82, 2.24) is 5.32 Å². The van der Waals surface area contributed by atoms with E-state index in [4.69, 9.17) is 0 Å². The van der Waals surface area contributed by atoms with Crippen LogP contribution in [0.1, 0.15) is 48.9 Å². The van der Waals surface area contributed by atoms with Crippen molar-refractivity contribution in [3.63, 3.8) is 0 Å². The number of halogens is 1. The third-order valence-electron chi connectivity index (χ3n) is 6.26. The Morgan fingerprint density at radius 3 is 2.35 bits per heavy atom. The molecule has 3 aromatic carbocycles. The largest absolute Gasteiger partial charge is 0.348 e. The molecule has 7 heteroatoms. The Kier molecular flexibility index (Phi) is 7.32. The lowest BCUT2D eigenvalue weighted by atomic mass is 9.89. The SMILES string of the molecule is CC[C@H](NC(=O)CN(c1ccccc1F)S(=O)(=O)c1ccccc1)c1ccc2c(c1)CCCC2. The van der Waals surface area contributed by atoms with Crippen LogP contribution >= 0.6 is 0 Å². The van der Waals surface area contributed by atoms with Crippen molar-refractivity contribution in [3.05, 3.63) is 95.3 Å². The van der Waals surface area contributed by atoms with E-state index in [9.17, 15) is 17.6 Å². The van der Waals surface area contributed by atoms with Gasteiger partial charge in [-0.25, -0.2) is 12.8 Å². The second-order valence-corrected chi connectivity index (χ2v) is 10.4. The molecule has 5 nitrogen and oxygen atoms in total. The summed E-state index contributed by atoms with van der Waals surface area (Å²) >= 11 is 0. The van der Waals surface area contributed by atoms with Crippen molar-refractivity contribution < 1.29 is 17.6 Å². The third kappa shape index (κ3) is 5.14. The summed E-state index contributed by atoms with van der Waals surface area (Å²) < 4.78 is 42.3. The number of nitrogens with one attached hydrogen (secondary N) is 1. The first-order valence-electron chi connectivity index (χ1n) is 11.6. The molecule has 1 aliphatic rings. The highest BCUT2D eigenvalue weighted by Crippen LogP contribution is 2.28. The van der Waals surface area contributed by atoms with Crippen LogP contribution in [0.4, 0.5) is 10.1 Å². The molecule has 0 aromatic heterocycles. The fourth-order valence-electron chi connectivity index (χ4n) is 4.43. The zero-order chi connectivity index (χ0) is 24.1. The second-order valence-electron chi connectivity index (χ2n) is 8.54. The Hall–Kier alpha value is -3.19. The van der Waals surface area contributed by atoms with E-state index in [0.717, 1.165) is 29.1 Å². The minimum Gasteiger partial charge on any atom is -0.348 e. The van der Waals surface area contributed by atoms with Gasteiger partial charge in [-0.2, -0.15) is 0 Å². The molecule has 4 rings (SSSR count). The zero-order valence-corrected chi connectivity index (χ0v) is 20.0. The van der Waals surface area contributed by atoms with Gasteiger partial charge in [0.1, 0.15) is 12.4 Å². The number of anilines is 1. The summed E-state index contributed by atoms with van der Waals surface area (Å²) in [5, 5.41) is 2.97. The highest BCUT2D eigenvalue weighted by molar-refractivity contribution is 7.92. The topological polar surface area (TPSA) is 66.5 Å². The molecule has 1 atom stereocenters. The van der Waals surface area contributed by atoms with Crippen molar-refractivity contribution in [2.24, 2.45) is 0 Å². The van der Waals surface area contributed by atoms with Crippen LogP contribution in [-0.4, -0.2) is 20.9 Å². The van der Waals surface area contributed by atoms with Crippen LogP contribution < -0.4 is 9.62 Å². The minimum atomic E-state index is -4.16. The molecular weight excluding hydrogens is 451 g/mol. The number of rotatable bonds is 8. The quantitative estimate of drug-likeness (QED) is 0.484. The maximum absolute atomic E-state index is 14.7. The molecule has 1 N–H and O–H groups in total. The number of nitrogens with zero attached hydrogens (tertiary/aromatic N) is 1. The van der Waals surface area contributed by atoms with Gasteiger partial charge in [-0.15, -0.1) is 0 Å². The standard InChI is InChI=1S/C27H29FN2O3S/c1-2-25(22-17-16-20-10-6-7-11-21(20)18-22)29-27(31)19-30(26-15-9-8-14-24(26)28)34(32,33)23-12-4-3-5-13-23/h3-5,8-9,12-18,25H,2,6-7,10-11,19H2,1H3,(H,29,31)/t25-/m0/s1. The molecule has 0 saturated carbocycles. The van der Waals surface area contributed by atoms with Gasteiger partial charge in [0.15, 0.2) is 0 Å². The summed E-state index contributed by atoms with van der Waals surface area (Å²) in [4.78, 5) is 13.1. The number of aryl methyl sites for hydroxylation is 2. The van der Waals surface area contributed by atoms with Gasteiger partial charge in [-0.05, 0) is 73.1 Å². The minimum absolute atomic E-state index is 0.00668. The van der Waals surface area contributed by atoms with E-state index >= 15 is 0 Å². The lowest BCUT2D eigenvalue weighted by Gasteiger charge is -2.26. The van der Waals surface area contributed by atoms with E-state index in [0.29, 0.717) is 6.42 Å². The fraction of sp³-hybridized carbons (Fsp3) is 0.296. The number of para-hydroxylation sites is 1. The molecule has 3 aromatic rings. The van der Waals surface area contributed by atoms with Gasteiger partial charge in [-0.1, -0.05) is 55.5 Å². The number of hydrogen-bond acceptors (Lipinski definition) is 3. The monoisotopic (exact) mass is 480 g/mol. The third-order valence-corrected chi connectivity index (χ3v) is 8.03. The highest BCUT2D eigenvalue weighted by atomic mass is 32.2. The molecule has 0 radical (unpaired) electrons. The van der Waals surface area contributed by atoms with E-state index < -0.39 is 28.3 Å². The Morgan fingerprint density at radius 1 is 0.971 bits per heavy atom. The first-order chi connectivity index (χ1) is 16.4. The Morgan fingerprint density at radius 2 is 1.65 bits per heavy atom. The van der Waals surface area contributed by atoms with Crippen molar-refractivity contribution in [3.8, 4) is 0 Å². The average Bonchev–Trinajstić information content (AvgIpc) is 2.86. The van der Waals surface area contributed by atoms with E-state index in [1.165, 1.54) is 47.9 Å². The normalized spacial score (nSPS) is 14.2. The lowest BCUT2D eigenvalue weighted by Crippen LogP contribution is -2.42. The van der Waals surface area contributed by atoms with Gasteiger partial charge in [0.05, 0.1) is 16.6 Å². The van der Waals surface area contributed by atoms with Crippen LogP contribution in [0, 0.1) is 5.82 Å². The Labute approximate surface area is 200 Å². The summed E-state index contributed by atoms with van der Waals surface area (Å²) in [6.45, 7) is 1.44. The molecule has 34 heavy (non-hydrogen) atoms. The summed E-state index contributed by atoms with van der Waals surface area (Å²) in [5.74, 6) is -1.20. The van der Waals surface area contributed by atoms with Crippen molar-refractivity contribution in [2.45, 2.75) is 50.0 Å². The molecule has 178 valence electrons. The number of fused-ring (bicyclic) bond motifs is 1. The summed E-state index contributed by atoms with van der Waals surface area (Å²) in [6.07, 6.45) is 5.11. The number of carbonyl (C=O) groups excluding carboxylic acids is 1. The van der Waals surface area contributed by atoms with Crippen molar-refractivity contribution in [1.29, 1.82) is 0 Å². The maximum atomic E-state index is 14.7.